The minimum Gasteiger partial charge on any atom is -0.488 e. The number of aromatic nitrogens is 1. The lowest BCUT2D eigenvalue weighted by Crippen LogP contribution is -2.25. The maximum absolute atomic E-state index is 12.6. The first kappa shape index (κ1) is 19.5. The number of aryl methyl sites for hydroxylation is 2. The van der Waals surface area contributed by atoms with E-state index in [0.717, 1.165) is 29.4 Å². The second-order valence-corrected chi connectivity index (χ2v) is 7.49. The highest BCUT2D eigenvalue weighted by Gasteiger charge is 2.16. The average molecular weight is 370 g/mol. The molecule has 0 radical (unpaired) electrons. The van der Waals surface area contributed by atoms with Gasteiger partial charge in [-0.3, -0.25) is 4.79 Å². The Morgan fingerprint density at radius 3 is 2.74 bits per heavy atom. The van der Waals surface area contributed by atoms with E-state index in [1.165, 1.54) is 38.5 Å². The quantitative estimate of drug-likeness (QED) is 0.667. The molecule has 5 nitrogen and oxygen atoms in total. The summed E-state index contributed by atoms with van der Waals surface area (Å²) in [6.07, 6.45) is 9.08. The molecule has 0 atom stereocenters. The van der Waals surface area contributed by atoms with E-state index in [2.05, 4.69) is 10.5 Å². The van der Waals surface area contributed by atoms with E-state index < -0.39 is 0 Å². The highest BCUT2D eigenvalue weighted by atomic mass is 16.5. The van der Waals surface area contributed by atoms with Crippen molar-refractivity contribution in [2.75, 3.05) is 6.54 Å². The van der Waals surface area contributed by atoms with Crippen molar-refractivity contribution in [2.24, 2.45) is 5.92 Å². The Hall–Kier alpha value is -2.30. The lowest BCUT2D eigenvalue weighted by molar-refractivity contribution is 0.0947. The SMILES string of the molecule is Cc1noc(C)c1COc1ccccc1C(=O)NCCCC1CCCCC1. The molecule has 0 bridgehead atoms. The van der Waals surface area contributed by atoms with Crippen molar-refractivity contribution < 1.29 is 14.1 Å². The van der Waals surface area contributed by atoms with Crippen LogP contribution >= 0.6 is 0 Å². The Labute approximate surface area is 161 Å². The molecule has 27 heavy (non-hydrogen) atoms. The molecule has 1 aliphatic rings. The van der Waals surface area contributed by atoms with Crippen molar-refractivity contribution in [3.8, 4) is 5.75 Å². The summed E-state index contributed by atoms with van der Waals surface area (Å²) < 4.78 is 11.1. The van der Waals surface area contributed by atoms with Gasteiger partial charge < -0.3 is 14.6 Å². The number of hydrogen-bond acceptors (Lipinski definition) is 4. The Morgan fingerprint density at radius 1 is 1.22 bits per heavy atom. The summed E-state index contributed by atoms with van der Waals surface area (Å²) in [4.78, 5) is 12.6. The van der Waals surface area contributed by atoms with Gasteiger partial charge in [-0.1, -0.05) is 49.4 Å². The predicted molar refractivity (Wildman–Crippen MR) is 105 cm³/mol. The van der Waals surface area contributed by atoms with Crippen LogP contribution in [0.1, 0.15) is 72.3 Å². The number of hydrogen-bond donors (Lipinski definition) is 1. The third-order valence-electron chi connectivity index (χ3n) is 5.48. The van der Waals surface area contributed by atoms with Crippen LogP contribution in [-0.2, 0) is 6.61 Å². The Balaban J connectivity index is 1.50. The zero-order valence-electron chi connectivity index (χ0n) is 16.4. The molecule has 0 saturated heterocycles. The second-order valence-electron chi connectivity index (χ2n) is 7.49. The highest BCUT2D eigenvalue weighted by Crippen LogP contribution is 2.27. The van der Waals surface area contributed by atoms with Gasteiger partial charge in [0.05, 0.1) is 16.8 Å². The lowest BCUT2D eigenvalue weighted by atomic mass is 9.86. The van der Waals surface area contributed by atoms with E-state index in [4.69, 9.17) is 9.26 Å². The number of carbonyl (C=O) groups is 1. The van der Waals surface area contributed by atoms with Crippen LogP contribution in [0.15, 0.2) is 28.8 Å². The minimum atomic E-state index is -0.0759. The van der Waals surface area contributed by atoms with E-state index in [9.17, 15) is 4.79 Å². The Kier molecular flexibility index (Phi) is 6.91. The van der Waals surface area contributed by atoms with Crippen LogP contribution in [0, 0.1) is 19.8 Å². The number of rotatable bonds is 8. The van der Waals surface area contributed by atoms with E-state index in [1.807, 2.05) is 32.0 Å². The fourth-order valence-electron chi connectivity index (χ4n) is 3.80. The second kappa shape index (κ2) is 9.58. The third kappa shape index (κ3) is 5.34. The standard InChI is InChI=1S/C22H30N2O3/c1-16-20(17(2)27-24-16)15-26-21-13-7-6-12-19(21)22(25)23-14-8-11-18-9-4-3-5-10-18/h6-7,12-13,18H,3-5,8-11,14-15H2,1-2H3,(H,23,25). The van der Waals surface area contributed by atoms with Crippen LogP contribution in [0.25, 0.3) is 0 Å². The van der Waals surface area contributed by atoms with Gasteiger partial charge in [0, 0.05) is 6.54 Å². The van der Waals surface area contributed by atoms with Gasteiger partial charge in [-0.25, -0.2) is 0 Å². The summed E-state index contributed by atoms with van der Waals surface area (Å²) in [5.41, 5.74) is 2.32. The monoisotopic (exact) mass is 370 g/mol. The van der Waals surface area contributed by atoms with Gasteiger partial charge in [-0.05, 0) is 44.7 Å². The van der Waals surface area contributed by atoms with Gasteiger partial charge in [0.2, 0.25) is 0 Å². The molecule has 1 fully saturated rings. The smallest absolute Gasteiger partial charge is 0.255 e. The number of nitrogens with zero attached hydrogens (tertiary/aromatic N) is 1. The van der Waals surface area contributed by atoms with Crippen molar-refractivity contribution in [1.82, 2.24) is 10.5 Å². The number of nitrogens with one attached hydrogen (secondary N) is 1. The van der Waals surface area contributed by atoms with Crippen LogP contribution in [0.2, 0.25) is 0 Å². The van der Waals surface area contributed by atoms with Crippen LogP contribution in [-0.4, -0.2) is 17.6 Å². The molecule has 3 rings (SSSR count). The molecule has 0 spiro atoms. The summed E-state index contributed by atoms with van der Waals surface area (Å²) >= 11 is 0. The number of carbonyl (C=O) groups excluding carboxylic acids is 1. The third-order valence-corrected chi connectivity index (χ3v) is 5.48. The molecule has 1 N–H and O–H groups in total. The van der Waals surface area contributed by atoms with Crippen molar-refractivity contribution in [3.63, 3.8) is 0 Å². The number of amides is 1. The molecule has 1 aromatic heterocycles. The van der Waals surface area contributed by atoms with E-state index in [0.29, 0.717) is 24.5 Å². The van der Waals surface area contributed by atoms with Crippen LogP contribution < -0.4 is 10.1 Å². The van der Waals surface area contributed by atoms with Gasteiger partial charge in [0.25, 0.3) is 5.91 Å². The lowest BCUT2D eigenvalue weighted by Gasteiger charge is -2.21. The molecule has 0 unspecified atom stereocenters. The van der Waals surface area contributed by atoms with E-state index >= 15 is 0 Å². The molecule has 2 aromatic rings. The first-order chi connectivity index (χ1) is 13.1. The number of benzene rings is 1. The maximum Gasteiger partial charge on any atom is 0.255 e. The number of ether oxygens (including phenoxy) is 1. The van der Waals surface area contributed by atoms with Gasteiger partial charge >= 0.3 is 0 Å². The largest absolute Gasteiger partial charge is 0.488 e. The molecule has 5 heteroatoms. The summed E-state index contributed by atoms with van der Waals surface area (Å²) in [7, 11) is 0. The van der Waals surface area contributed by atoms with Gasteiger partial charge in [0.15, 0.2) is 0 Å². The zero-order valence-corrected chi connectivity index (χ0v) is 16.4. The van der Waals surface area contributed by atoms with Crippen LogP contribution in [0.5, 0.6) is 5.75 Å². The first-order valence-corrected chi connectivity index (χ1v) is 10.1. The average Bonchev–Trinajstić information content (AvgIpc) is 3.02. The van der Waals surface area contributed by atoms with Gasteiger partial charge in [-0.2, -0.15) is 0 Å². The summed E-state index contributed by atoms with van der Waals surface area (Å²) in [6.45, 7) is 4.81. The van der Waals surface area contributed by atoms with E-state index in [-0.39, 0.29) is 5.91 Å². The molecule has 1 aliphatic carbocycles. The van der Waals surface area contributed by atoms with Crippen LogP contribution in [0.4, 0.5) is 0 Å². The number of para-hydroxylation sites is 1. The summed E-state index contributed by atoms with van der Waals surface area (Å²) in [5.74, 6) is 2.11. The van der Waals surface area contributed by atoms with Crippen molar-refractivity contribution >= 4 is 5.91 Å². The summed E-state index contributed by atoms with van der Waals surface area (Å²) in [6, 6.07) is 7.37. The predicted octanol–water partition coefficient (Wildman–Crippen LogP) is 4.96. The van der Waals surface area contributed by atoms with Crippen LogP contribution in [0.3, 0.4) is 0 Å². The molecular formula is C22H30N2O3. The molecule has 1 heterocycles. The molecule has 1 saturated carbocycles. The topological polar surface area (TPSA) is 64.4 Å². The summed E-state index contributed by atoms with van der Waals surface area (Å²) in [5, 5.41) is 6.99. The molecule has 146 valence electrons. The van der Waals surface area contributed by atoms with Crippen molar-refractivity contribution in [1.29, 1.82) is 0 Å². The highest BCUT2D eigenvalue weighted by molar-refractivity contribution is 5.96. The van der Waals surface area contributed by atoms with Crippen molar-refractivity contribution in [3.05, 3.63) is 46.8 Å². The Morgan fingerprint density at radius 2 is 2.00 bits per heavy atom. The van der Waals surface area contributed by atoms with E-state index in [1.54, 1.807) is 6.07 Å². The molecule has 1 aromatic carbocycles. The molecule has 1 amide bonds. The fourth-order valence-corrected chi connectivity index (χ4v) is 3.80. The Bertz CT molecular complexity index is 728. The van der Waals surface area contributed by atoms with Gasteiger partial charge in [0.1, 0.15) is 18.1 Å². The maximum atomic E-state index is 12.6. The molecular weight excluding hydrogens is 340 g/mol. The van der Waals surface area contributed by atoms with Gasteiger partial charge in [-0.15, -0.1) is 0 Å². The first-order valence-electron chi connectivity index (χ1n) is 10.1. The molecule has 0 aliphatic heterocycles. The minimum absolute atomic E-state index is 0.0759. The zero-order chi connectivity index (χ0) is 19.1. The van der Waals surface area contributed by atoms with Crippen molar-refractivity contribution in [2.45, 2.75) is 65.4 Å². The fraction of sp³-hybridized carbons (Fsp3) is 0.545. The normalized spacial score (nSPS) is 14.9.